The molecule has 3 rings (SSSR count). The fraction of sp³-hybridized carbons (Fsp3) is 0. The van der Waals surface area contributed by atoms with Crippen molar-refractivity contribution >= 4 is 44.3 Å². The maximum Gasteiger partial charge on any atom is 0.304 e. The monoisotopic (exact) mass is 384 g/mol. The van der Waals surface area contributed by atoms with Crippen molar-refractivity contribution in [2.75, 3.05) is 5.32 Å². The molecule has 3 aromatic rings. The van der Waals surface area contributed by atoms with E-state index in [1.807, 2.05) is 0 Å². The molecule has 0 fully saturated rings. The van der Waals surface area contributed by atoms with E-state index in [1.54, 1.807) is 0 Å². The third kappa shape index (κ3) is 2.74. The number of carbonyl (C=O) groups excluding carboxylic acids is 1. The molecule has 0 aliphatic rings. The van der Waals surface area contributed by atoms with Gasteiger partial charge in [0.15, 0.2) is 17.2 Å². The molecule has 0 aliphatic carbocycles. The molecule has 117 valence electrons. The lowest BCUT2D eigenvalue weighted by atomic mass is 10.2. The van der Waals surface area contributed by atoms with Crippen LogP contribution in [0.3, 0.4) is 0 Å². The maximum atomic E-state index is 14.0. The highest BCUT2D eigenvalue weighted by molar-refractivity contribution is 9.10. The van der Waals surface area contributed by atoms with E-state index in [1.165, 1.54) is 12.1 Å². The second-order valence-corrected chi connectivity index (χ2v) is 5.35. The fourth-order valence-corrected chi connectivity index (χ4v) is 2.19. The van der Waals surface area contributed by atoms with Gasteiger partial charge in [-0.25, -0.2) is 18.2 Å². The van der Waals surface area contributed by atoms with Crippen LogP contribution in [0.25, 0.3) is 11.1 Å². The van der Waals surface area contributed by atoms with Gasteiger partial charge in [0.25, 0.3) is 5.89 Å². The van der Waals surface area contributed by atoms with E-state index in [-0.39, 0.29) is 11.3 Å². The van der Waals surface area contributed by atoms with Gasteiger partial charge in [0.1, 0.15) is 11.3 Å². The summed E-state index contributed by atoms with van der Waals surface area (Å²) in [5, 5.41) is 2.37. The highest BCUT2D eigenvalue weighted by Gasteiger charge is 2.21. The van der Waals surface area contributed by atoms with Gasteiger partial charge in [0.05, 0.1) is 17.4 Å². The Morgan fingerprint density at radius 2 is 2.04 bits per heavy atom. The molecule has 1 radical (unpaired) electrons. The SMILES string of the molecule is NC(=O)c1nc2c(F)c(F)c(Nc3ccc(Br)cc3F)[c]c2o1. The van der Waals surface area contributed by atoms with Crippen LogP contribution in [0.15, 0.2) is 27.1 Å². The third-order valence-electron chi connectivity index (χ3n) is 2.89. The number of hydrogen-bond acceptors (Lipinski definition) is 4. The molecule has 2 aromatic carbocycles. The molecular formula is C14H6BrF3N3O2. The van der Waals surface area contributed by atoms with E-state index in [9.17, 15) is 18.0 Å². The van der Waals surface area contributed by atoms with Crippen LogP contribution in [0, 0.1) is 23.5 Å². The summed E-state index contributed by atoms with van der Waals surface area (Å²) in [5.41, 5.74) is 3.52. The number of anilines is 2. The van der Waals surface area contributed by atoms with E-state index in [0.717, 1.165) is 6.07 Å². The number of halogens is 4. The van der Waals surface area contributed by atoms with Gasteiger partial charge in [-0.15, -0.1) is 0 Å². The average Bonchev–Trinajstić information content (AvgIpc) is 2.91. The lowest BCUT2D eigenvalue weighted by Gasteiger charge is -2.09. The molecule has 0 aliphatic heterocycles. The Kier molecular flexibility index (Phi) is 3.72. The van der Waals surface area contributed by atoms with Crippen LogP contribution < -0.4 is 11.1 Å². The van der Waals surface area contributed by atoms with Crippen LogP contribution in [-0.2, 0) is 0 Å². The largest absolute Gasteiger partial charge is 0.431 e. The third-order valence-corrected chi connectivity index (χ3v) is 3.38. The first-order valence-electron chi connectivity index (χ1n) is 6.09. The Hall–Kier alpha value is -2.55. The summed E-state index contributed by atoms with van der Waals surface area (Å²) in [5.74, 6) is -5.02. The van der Waals surface area contributed by atoms with Crippen molar-refractivity contribution in [2.45, 2.75) is 0 Å². The van der Waals surface area contributed by atoms with Crippen molar-refractivity contribution in [1.29, 1.82) is 0 Å². The van der Waals surface area contributed by atoms with Gasteiger partial charge in [-0.1, -0.05) is 15.9 Å². The van der Waals surface area contributed by atoms with Crippen molar-refractivity contribution < 1.29 is 22.4 Å². The number of nitrogens with zero attached hydrogens (tertiary/aromatic N) is 1. The number of oxazole rings is 1. The zero-order valence-electron chi connectivity index (χ0n) is 11.1. The Morgan fingerprint density at radius 1 is 1.30 bits per heavy atom. The molecule has 1 heterocycles. The number of fused-ring (bicyclic) bond motifs is 1. The highest BCUT2D eigenvalue weighted by Crippen LogP contribution is 2.30. The second-order valence-electron chi connectivity index (χ2n) is 4.44. The highest BCUT2D eigenvalue weighted by atomic mass is 79.9. The van der Waals surface area contributed by atoms with Crippen LogP contribution in [0.2, 0.25) is 0 Å². The molecule has 0 saturated carbocycles. The van der Waals surface area contributed by atoms with Gasteiger partial charge in [0, 0.05) is 4.47 Å². The van der Waals surface area contributed by atoms with E-state index in [2.05, 4.69) is 32.3 Å². The first-order valence-corrected chi connectivity index (χ1v) is 6.89. The Morgan fingerprint density at radius 3 is 2.70 bits per heavy atom. The topological polar surface area (TPSA) is 81.2 Å². The minimum atomic E-state index is -1.37. The van der Waals surface area contributed by atoms with Gasteiger partial charge >= 0.3 is 5.91 Å². The normalized spacial score (nSPS) is 11.0. The van der Waals surface area contributed by atoms with Crippen molar-refractivity contribution in [3.05, 3.63) is 52.1 Å². The molecular weight excluding hydrogens is 379 g/mol. The summed E-state index contributed by atoms with van der Waals surface area (Å²) in [6.45, 7) is 0. The number of carbonyl (C=O) groups is 1. The van der Waals surface area contributed by atoms with Crippen LogP contribution in [0.4, 0.5) is 24.5 Å². The summed E-state index contributed by atoms with van der Waals surface area (Å²) >= 11 is 3.08. The van der Waals surface area contributed by atoms with Crippen LogP contribution >= 0.6 is 15.9 Å². The number of primary amides is 1. The van der Waals surface area contributed by atoms with Crippen LogP contribution in [-0.4, -0.2) is 10.9 Å². The molecule has 23 heavy (non-hydrogen) atoms. The standard InChI is InChI=1S/C14H6BrF3N3O2/c15-5-1-2-7(6(16)3-5)20-8-4-9-12(11(18)10(8)17)21-14(23-9)13(19)22/h1-3,20H,(H2,19,22). The Bertz CT molecular complexity index is 943. The lowest BCUT2D eigenvalue weighted by molar-refractivity contribution is 0.0969. The quantitative estimate of drug-likeness (QED) is 0.721. The van der Waals surface area contributed by atoms with E-state index in [4.69, 9.17) is 10.2 Å². The number of benzene rings is 2. The van der Waals surface area contributed by atoms with Crippen molar-refractivity contribution in [1.82, 2.24) is 4.98 Å². The summed E-state index contributed by atoms with van der Waals surface area (Å²) in [6.07, 6.45) is 0. The van der Waals surface area contributed by atoms with Crippen molar-refractivity contribution in [3.63, 3.8) is 0 Å². The minimum Gasteiger partial charge on any atom is -0.431 e. The van der Waals surface area contributed by atoms with Gasteiger partial charge in [0.2, 0.25) is 0 Å². The van der Waals surface area contributed by atoms with Gasteiger partial charge in [-0.2, -0.15) is 0 Å². The first kappa shape index (κ1) is 15.3. The second kappa shape index (κ2) is 5.58. The summed E-state index contributed by atoms with van der Waals surface area (Å²) in [4.78, 5) is 14.4. The van der Waals surface area contributed by atoms with Gasteiger partial charge in [-0.3, -0.25) is 4.79 Å². The number of aromatic nitrogens is 1. The van der Waals surface area contributed by atoms with Crippen molar-refractivity contribution in [2.24, 2.45) is 5.73 Å². The smallest absolute Gasteiger partial charge is 0.304 e. The molecule has 1 amide bonds. The van der Waals surface area contributed by atoms with Crippen molar-refractivity contribution in [3.8, 4) is 0 Å². The summed E-state index contributed by atoms with van der Waals surface area (Å²) < 4.78 is 47.2. The van der Waals surface area contributed by atoms with E-state index < -0.39 is 40.5 Å². The number of nitrogens with one attached hydrogen (secondary N) is 1. The summed E-state index contributed by atoms with van der Waals surface area (Å²) in [7, 11) is 0. The summed E-state index contributed by atoms with van der Waals surface area (Å²) in [6, 6.07) is 6.34. The molecule has 0 spiro atoms. The predicted octanol–water partition coefficient (Wildman–Crippen LogP) is 3.65. The number of amides is 1. The molecule has 9 heteroatoms. The Labute approximate surface area is 135 Å². The predicted molar refractivity (Wildman–Crippen MR) is 78.7 cm³/mol. The zero-order valence-corrected chi connectivity index (χ0v) is 12.7. The molecule has 0 unspecified atom stereocenters. The molecule has 3 N–H and O–H groups in total. The maximum absolute atomic E-state index is 14.0. The first-order chi connectivity index (χ1) is 10.9. The van der Waals surface area contributed by atoms with Gasteiger partial charge in [-0.05, 0) is 18.2 Å². The van der Waals surface area contributed by atoms with E-state index in [0.29, 0.717) is 4.47 Å². The Balaban J connectivity index is 2.10. The lowest BCUT2D eigenvalue weighted by Crippen LogP contribution is -2.10. The van der Waals surface area contributed by atoms with E-state index >= 15 is 0 Å². The number of hydrogen-bond donors (Lipinski definition) is 2. The number of nitrogens with two attached hydrogens (primary N) is 1. The molecule has 0 atom stereocenters. The van der Waals surface area contributed by atoms with Crippen LogP contribution in [0.1, 0.15) is 10.7 Å². The molecule has 1 aromatic heterocycles. The zero-order chi connectivity index (χ0) is 16.7. The molecule has 0 saturated heterocycles. The van der Waals surface area contributed by atoms with Crippen LogP contribution in [0.5, 0.6) is 0 Å². The minimum absolute atomic E-state index is 0.100. The number of rotatable bonds is 3. The molecule has 5 nitrogen and oxygen atoms in total. The fourth-order valence-electron chi connectivity index (χ4n) is 1.85. The molecule has 0 bridgehead atoms. The average molecular weight is 385 g/mol. The van der Waals surface area contributed by atoms with Gasteiger partial charge < -0.3 is 15.5 Å².